The monoisotopic (exact) mass is 257 g/mol. The fourth-order valence-corrected chi connectivity index (χ4v) is 1.51. The van der Waals surface area contributed by atoms with Crippen LogP contribution in [0.1, 0.15) is 34.6 Å². The predicted octanol–water partition coefficient (Wildman–Crippen LogP) is 1.45. The third-order valence-corrected chi connectivity index (χ3v) is 3.33. The van der Waals surface area contributed by atoms with Crippen LogP contribution in [0.25, 0.3) is 0 Å². The Hall–Kier alpha value is -0.750. The summed E-state index contributed by atoms with van der Waals surface area (Å²) < 4.78 is 1.73. The van der Waals surface area contributed by atoms with Gasteiger partial charge in [0.2, 0.25) is 5.96 Å². The highest BCUT2D eigenvalue weighted by molar-refractivity contribution is 7.78. The number of nitrogens with one attached hydrogen (secondary N) is 2. The van der Waals surface area contributed by atoms with E-state index in [-0.39, 0.29) is 6.29 Å². The Morgan fingerprint density at radius 3 is 2.59 bits per heavy atom. The van der Waals surface area contributed by atoms with Crippen LogP contribution in [0.15, 0.2) is 9.98 Å². The van der Waals surface area contributed by atoms with Crippen LogP contribution in [0.4, 0.5) is 0 Å². The van der Waals surface area contributed by atoms with Crippen LogP contribution in [0.3, 0.4) is 0 Å². The molecule has 0 bridgehead atoms. The van der Waals surface area contributed by atoms with Gasteiger partial charge in [-0.25, -0.2) is 4.99 Å². The van der Waals surface area contributed by atoms with E-state index in [1.807, 2.05) is 13.8 Å². The van der Waals surface area contributed by atoms with E-state index in [0.29, 0.717) is 17.9 Å². The minimum absolute atomic E-state index is 0.150. The van der Waals surface area contributed by atoms with Gasteiger partial charge in [-0.3, -0.25) is 9.62 Å². The molecule has 2 N–H and O–H groups in total. The molecule has 1 aliphatic heterocycles. The van der Waals surface area contributed by atoms with Gasteiger partial charge in [0, 0.05) is 6.04 Å². The van der Waals surface area contributed by atoms with Crippen molar-refractivity contribution in [3.63, 3.8) is 0 Å². The maximum atomic E-state index is 4.48. The molecule has 6 heteroatoms. The number of guanidine groups is 1. The topological polar surface area (TPSA) is 52.0 Å². The van der Waals surface area contributed by atoms with Gasteiger partial charge in [-0.15, -0.1) is 0 Å². The number of amidine groups is 1. The first-order chi connectivity index (χ1) is 7.95. The van der Waals surface area contributed by atoms with Gasteiger partial charge in [0.05, 0.1) is 0 Å². The zero-order valence-electron chi connectivity index (χ0n) is 11.2. The van der Waals surface area contributed by atoms with E-state index in [1.165, 1.54) is 0 Å². The summed E-state index contributed by atoms with van der Waals surface area (Å²) in [6.07, 6.45) is -0.150. The summed E-state index contributed by atoms with van der Waals surface area (Å²) in [5, 5.41) is 6.56. The first-order valence-corrected chi connectivity index (χ1v) is 6.46. The number of rotatable bonds is 4. The lowest BCUT2D eigenvalue weighted by Crippen LogP contribution is -2.48. The quantitative estimate of drug-likeness (QED) is 0.668. The van der Waals surface area contributed by atoms with Crippen LogP contribution < -0.4 is 10.6 Å². The minimum Gasteiger partial charge on any atom is -0.352 e. The average molecular weight is 257 g/mol. The molecule has 98 valence electrons. The molecule has 0 aromatic heterocycles. The lowest BCUT2D eigenvalue weighted by atomic mass is 10.1. The normalized spacial score (nSPS) is 22.3. The van der Waals surface area contributed by atoms with Gasteiger partial charge in [0.1, 0.15) is 5.84 Å². The van der Waals surface area contributed by atoms with Gasteiger partial charge in [0.15, 0.2) is 6.29 Å². The third kappa shape index (κ3) is 3.89. The van der Waals surface area contributed by atoms with E-state index in [4.69, 9.17) is 0 Å². The molecular weight excluding hydrogens is 234 g/mol. The Bertz CT molecular complexity index is 313. The molecule has 2 unspecified atom stereocenters. The van der Waals surface area contributed by atoms with E-state index < -0.39 is 0 Å². The van der Waals surface area contributed by atoms with Gasteiger partial charge in [-0.1, -0.05) is 33.6 Å². The molecular formula is C11H23N5S. The third-order valence-electron chi connectivity index (χ3n) is 2.82. The van der Waals surface area contributed by atoms with Crippen LogP contribution in [0.2, 0.25) is 0 Å². The standard InChI is InChI=1S/C11H23N5S/c1-6-12-11-15-10(13-8(4)7(2)3)14-9(5)16(11)17/h7-8,11-12,17H,6H2,1-5H3,(H,13,15). The zero-order valence-corrected chi connectivity index (χ0v) is 12.1. The number of nitrogens with zero attached hydrogens (tertiary/aromatic N) is 3. The average Bonchev–Trinajstić information content (AvgIpc) is 2.25. The smallest absolute Gasteiger partial charge is 0.223 e. The molecule has 17 heavy (non-hydrogen) atoms. The van der Waals surface area contributed by atoms with Crippen LogP contribution in [-0.2, 0) is 0 Å². The molecule has 2 atom stereocenters. The number of hydrogen-bond acceptors (Lipinski definition) is 6. The Morgan fingerprint density at radius 1 is 1.41 bits per heavy atom. The van der Waals surface area contributed by atoms with Gasteiger partial charge in [-0.2, -0.15) is 4.99 Å². The van der Waals surface area contributed by atoms with Gasteiger partial charge in [-0.05, 0) is 26.3 Å². The van der Waals surface area contributed by atoms with Crippen molar-refractivity contribution >= 4 is 24.6 Å². The molecule has 1 aliphatic rings. The summed E-state index contributed by atoms with van der Waals surface area (Å²) >= 11 is 4.36. The van der Waals surface area contributed by atoms with Crippen molar-refractivity contribution in [2.24, 2.45) is 15.9 Å². The summed E-state index contributed by atoms with van der Waals surface area (Å²) in [6, 6.07) is 0.346. The van der Waals surface area contributed by atoms with Crippen molar-refractivity contribution in [3.8, 4) is 0 Å². The highest BCUT2D eigenvalue weighted by Crippen LogP contribution is 2.10. The summed E-state index contributed by atoms with van der Waals surface area (Å²) in [4.78, 5) is 8.86. The van der Waals surface area contributed by atoms with Crippen LogP contribution >= 0.6 is 12.8 Å². The molecule has 0 radical (unpaired) electrons. The predicted molar refractivity (Wildman–Crippen MR) is 76.3 cm³/mol. The largest absolute Gasteiger partial charge is 0.352 e. The van der Waals surface area contributed by atoms with E-state index in [1.54, 1.807) is 4.31 Å². The molecule has 0 aromatic rings. The molecule has 1 heterocycles. The van der Waals surface area contributed by atoms with Gasteiger partial charge in [0.25, 0.3) is 0 Å². The second-order valence-electron chi connectivity index (χ2n) is 4.56. The van der Waals surface area contributed by atoms with Crippen molar-refractivity contribution in [1.29, 1.82) is 0 Å². The Morgan fingerprint density at radius 2 is 2.06 bits per heavy atom. The second kappa shape index (κ2) is 6.26. The van der Waals surface area contributed by atoms with E-state index in [9.17, 15) is 0 Å². The summed E-state index contributed by atoms with van der Waals surface area (Å²) in [6.45, 7) is 11.3. The lowest BCUT2D eigenvalue weighted by molar-refractivity contribution is 0.400. The molecule has 0 spiro atoms. The number of aliphatic imine (C=N–C) groups is 2. The highest BCUT2D eigenvalue weighted by atomic mass is 32.1. The maximum absolute atomic E-state index is 4.48. The molecule has 0 saturated heterocycles. The summed E-state index contributed by atoms with van der Waals surface area (Å²) in [5.74, 6) is 2.06. The van der Waals surface area contributed by atoms with Crippen LogP contribution in [-0.4, -0.2) is 35.0 Å². The molecule has 0 aromatic carbocycles. The Kier molecular flexibility index (Phi) is 5.27. The molecule has 0 amide bonds. The second-order valence-corrected chi connectivity index (χ2v) is 5.00. The van der Waals surface area contributed by atoms with Crippen LogP contribution in [0.5, 0.6) is 0 Å². The lowest BCUT2D eigenvalue weighted by Gasteiger charge is -2.30. The number of thiol groups is 1. The molecule has 0 saturated carbocycles. The maximum Gasteiger partial charge on any atom is 0.223 e. The SMILES string of the molecule is CCNC1N=C(NC(C)C(C)C)N=C(C)N1S. The minimum atomic E-state index is -0.150. The van der Waals surface area contributed by atoms with Crippen molar-refractivity contribution in [2.45, 2.75) is 47.0 Å². The molecule has 0 aliphatic carbocycles. The molecule has 1 rings (SSSR count). The highest BCUT2D eigenvalue weighted by Gasteiger charge is 2.21. The Balaban J connectivity index is 2.74. The fraction of sp³-hybridized carbons (Fsp3) is 0.818. The first-order valence-electron chi connectivity index (χ1n) is 6.06. The van der Waals surface area contributed by atoms with Gasteiger partial charge >= 0.3 is 0 Å². The van der Waals surface area contributed by atoms with Crippen molar-refractivity contribution in [1.82, 2.24) is 14.9 Å². The van der Waals surface area contributed by atoms with Crippen molar-refractivity contribution in [3.05, 3.63) is 0 Å². The Labute approximate surface area is 109 Å². The van der Waals surface area contributed by atoms with Crippen LogP contribution in [0, 0.1) is 5.92 Å². The van der Waals surface area contributed by atoms with Crippen molar-refractivity contribution < 1.29 is 0 Å². The van der Waals surface area contributed by atoms with E-state index in [0.717, 1.165) is 12.4 Å². The van der Waals surface area contributed by atoms with Gasteiger partial charge < -0.3 is 5.32 Å². The summed E-state index contributed by atoms with van der Waals surface area (Å²) in [5.41, 5.74) is 0. The van der Waals surface area contributed by atoms with Crippen molar-refractivity contribution in [2.75, 3.05) is 6.54 Å². The fourth-order valence-electron chi connectivity index (χ4n) is 1.34. The molecule has 0 fully saturated rings. The molecule has 5 nitrogen and oxygen atoms in total. The zero-order chi connectivity index (χ0) is 13.0. The first kappa shape index (κ1) is 14.3. The summed E-state index contributed by atoms with van der Waals surface area (Å²) in [7, 11) is 0. The van der Waals surface area contributed by atoms with E-state index >= 15 is 0 Å². The van der Waals surface area contributed by atoms with E-state index in [2.05, 4.69) is 54.2 Å². The number of hydrogen-bond donors (Lipinski definition) is 3.